The van der Waals surface area contributed by atoms with Gasteiger partial charge in [-0.05, 0) is 19.8 Å². The lowest BCUT2D eigenvalue weighted by Crippen LogP contribution is -2.39. The van der Waals surface area contributed by atoms with Gasteiger partial charge in [0, 0.05) is 44.1 Å². The molecule has 3 rings (SSSR count). The van der Waals surface area contributed by atoms with Gasteiger partial charge in [0.1, 0.15) is 5.82 Å². The first-order valence-corrected chi connectivity index (χ1v) is 6.93. The Kier molecular flexibility index (Phi) is 3.30. The zero-order valence-electron chi connectivity index (χ0n) is 11.8. The lowest BCUT2D eigenvalue weighted by molar-refractivity contribution is 0.0704. The molecule has 20 heavy (non-hydrogen) atoms. The van der Waals surface area contributed by atoms with Crippen molar-refractivity contribution in [3.8, 4) is 0 Å². The molecule has 1 N–H and O–H groups in total. The van der Waals surface area contributed by atoms with Crippen LogP contribution in [0.5, 0.6) is 0 Å². The summed E-state index contributed by atoms with van der Waals surface area (Å²) >= 11 is 0. The highest BCUT2D eigenvalue weighted by Crippen LogP contribution is 2.25. The van der Waals surface area contributed by atoms with Crippen molar-refractivity contribution in [2.24, 2.45) is 7.05 Å². The maximum atomic E-state index is 12.4. The third kappa shape index (κ3) is 2.45. The molecule has 1 aliphatic heterocycles. The van der Waals surface area contributed by atoms with Crippen LogP contribution in [-0.4, -0.2) is 43.6 Å². The number of piperidine rings is 1. The van der Waals surface area contributed by atoms with Gasteiger partial charge in [0.15, 0.2) is 0 Å². The number of aromatic amines is 1. The molecule has 0 aromatic carbocycles. The van der Waals surface area contributed by atoms with Gasteiger partial charge in [0.05, 0.1) is 11.8 Å². The van der Waals surface area contributed by atoms with E-state index in [0.29, 0.717) is 11.5 Å². The zero-order valence-corrected chi connectivity index (χ0v) is 11.8. The monoisotopic (exact) mass is 273 g/mol. The zero-order chi connectivity index (χ0) is 14.1. The largest absolute Gasteiger partial charge is 0.346 e. The quantitative estimate of drug-likeness (QED) is 0.901. The minimum absolute atomic E-state index is 0.0612. The van der Waals surface area contributed by atoms with Crippen molar-refractivity contribution < 1.29 is 4.79 Å². The van der Waals surface area contributed by atoms with Crippen LogP contribution in [0.3, 0.4) is 0 Å². The molecular formula is C14H19N5O. The van der Waals surface area contributed by atoms with Crippen LogP contribution in [0, 0.1) is 6.92 Å². The highest BCUT2D eigenvalue weighted by Gasteiger charge is 2.27. The van der Waals surface area contributed by atoms with Gasteiger partial charge in [-0.25, -0.2) is 4.98 Å². The Morgan fingerprint density at radius 1 is 1.45 bits per heavy atom. The van der Waals surface area contributed by atoms with E-state index in [4.69, 9.17) is 0 Å². The topological polar surface area (TPSA) is 66.8 Å². The van der Waals surface area contributed by atoms with Crippen LogP contribution in [0.4, 0.5) is 0 Å². The number of imidazole rings is 1. The molecule has 1 atom stereocenters. The van der Waals surface area contributed by atoms with E-state index in [9.17, 15) is 4.79 Å². The molecule has 2 aromatic heterocycles. The number of aryl methyl sites for hydroxylation is 2. The van der Waals surface area contributed by atoms with E-state index in [0.717, 1.165) is 37.4 Å². The number of H-pyrrole nitrogens is 1. The Bertz CT molecular complexity index is 615. The molecule has 106 valence electrons. The van der Waals surface area contributed by atoms with Crippen molar-refractivity contribution in [1.29, 1.82) is 0 Å². The molecule has 1 saturated heterocycles. The molecule has 1 unspecified atom stereocenters. The molecular weight excluding hydrogens is 254 g/mol. The third-order valence-electron chi connectivity index (χ3n) is 3.77. The fraction of sp³-hybridized carbons (Fsp3) is 0.500. The summed E-state index contributed by atoms with van der Waals surface area (Å²) in [7, 11) is 1.82. The Balaban J connectivity index is 1.73. The number of likely N-dealkylation sites (tertiary alicyclic amines) is 1. The normalized spacial score (nSPS) is 19.3. The predicted octanol–water partition coefficient (Wildman–Crippen LogP) is 1.47. The molecule has 2 aromatic rings. The van der Waals surface area contributed by atoms with E-state index >= 15 is 0 Å². The summed E-state index contributed by atoms with van der Waals surface area (Å²) in [4.78, 5) is 22.0. The lowest BCUT2D eigenvalue weighted by Gasteiger charge is -2.31. The maximum Gasteiger partial charge on any atom is 0.257 e. The molecule has 1 amide bonds. The van der Waals surface area contributed by atoms with Gasteiger partial charge >= 0.3 is 0 Å². The fourth-order valence-corrected chi connectivity index (χ4v) is 2.74. The van der Waals surface area contributed by atoms with Crippen LogP contribution < -0.4 is 0 Å². The minimum Gasteiger partial charge on any atom is -0.346 e. The molecule has 0 spiro atoms. The molecule has 3 heterocycles. The summed E-state index contributed by atoms with van der Waals surface area (Å²) in [5.41, 5.74) is 1.72. The Labute approximate surface area is 117 Å². The van der Waals surface area contributed by atoms with E-state index < -0.39 is 0 Å². The van der Waals surface area contributed by atoms with E-state index in [1.54, 1.807) is 17.1 Å². The summed E-state index contributed by atoms with van der Waals surface area (Å²) < 4.78 is 1.66. The highest BCUT2D eigenvalue weighted by molar-refractivity contribution is 5.93. The first kappa shape index (κ1) is 12.9. The Morgan fingerprint density at radius 3 is 2.95 bits per heavy atom. The maximum absolute atomic E-state index is 12.4. The van der Waals surface area contributed by atoms with E-state index in [1.807, 2.05) is 25.1 Å². The number of rotatable bonds is 2. The highest BCUT2D eigenvalue weighted by atomic mass is 16.2. The van der Waals surface area contributed by atoms with E-state index in [2.05, 4.69) is 15.1 Å². The van der Waals surface area contributed by atoms with Crippen molar-refractivity contribution in [2.45, 2.75) is 25.7 Å². The molecule has 6 heteroatoms. The number of hydrogen-bond acceptors (Lipinski definition) is 3. The molecule has 1 fully saturated rings. The summed E-state index contributed by atoms with van der Waals surface area (Å²) in [6.07, 6.45) is 7.32. The van der Waals surface area contributed by atoms with Crippen molar-refractivity contribution in [2.75, 3.05) is 13.1 Å². The Morgan fingerprint density at radius 2 is 2.30 bits per heavy atom. The van der Waals surface area contributed by atoms with Crippen LogP contribution in [-0.2, 0) is 7.05 Å². The summed E-state index contributed by atoms with van der Waals surface area (Å²) in [5.74, 6) is 1.36. The minimum atomic E-state index is 0.0612. The number of hydrogen-bond donors (Lipinski definition) is 1. The van der Waals surface area contributed by atoms with Gasteiger partial charge in [0.25, 0.3) is 5.91 Å². The van der Waals surface area contributed by atoms with Crippen LogP contribution in [0.1, 0.15) is 40.6 Å². The van der Waals surface area contributed by atoms with Gasteiger partial charge in [0.2, 0.25) is 0 Å². The van der Waals surface area contributed by atoms with Crippen molar-refractivity contribution in [1.82, 2.24) is 24.6 Å². The standard InChI is InChI=1S/C14H19N5O/c1-10-6-15-13(17-10)11-4-3-5-19(9-11)14(20)12-7-16-18(2)8-12/h6-8,11H,3-5,9H2,1-2H3,(H,15,17). The number of amides is 1. The predicted molar refractivity (Wildman–Crippen MR) is 74.4 cm³/mol. The molecule has 6 nitrogen and oxygen atoms in total. The van der Waals surface area contributed by atoms with Crippen molar-refractivity contribution >= 4 is 5.91 Å². The smallest absolute Gasteiger partial charge is 0.257 e. The van der Waals surface area contributed by atoms with Crippen LogP contribution in [0.25, 0.3) is 0 Å². The first-order valence-electron chi connectivity index (χ1n) is 6.93. The molecule has 0 radical (unpaired) electrons. The van der Waals surface area contributed by atoms with Gasteiger partial charge in [-0.3, -0.25) is 9.48 Å². The van der Waals surface area contributed by atoms with Crippen molar-refractivity contribution in [3.05, 3.63) is 35.7 Å². The van der Waals surface area contributed by atoms with E-state index in [1.165, 1.54) is 0 Å². The molecule has 0 aliphatic carbocycles. The molecule has 1 aliphatic rings. The molecule has 0 saturated carbocycles. The van der Waals surface area contributed by atoms with Gasteiger partial charge < -0.3 is 9.88 Å². The van der Waals surface area contributed by atoms with Crippen molar-refractivity contribution in [3.63, 3.8) is 0 Å². The van der Waals surface area contributed by atoms with Crippen LogP contribution in [0.15, 0.2) is 18.6 Å². The Hall–Kier alpha value is -2.11. The van der Waals surface area contributed by atoms with Gasteiger partial charge in [-0.15, -0.1) is 0 Å². The average Bonchev–Trinajstić information content (AvgIpc) is 3.07. The lowest BCUT2D eigenvalue weighted by atomic mass is 9.97. The number of aromatic nitrogens is 4. The van der Waals surface area contributed by atoms with Crippen LogP contribution in [0.2, 0.25) is 0 Å². The second-order valence-corrected chi connectivity index (χ2v) is 5.44. The second-order valence-electron chi connectivity index (χ2n) is 5.44. The third-order valence-corrected chi connectivity index (χ3v) is 3.77. The average molecular weight is 273 g/mol. The summed E-state index contributed by atoms with van der Waals surface area (Å²) in [6.45, 7) is 3.53. The number of nitrogens with one attached hydrogen (secondary N) is 1. The SMILES string of the molecule is Cc1cnc(C2CCCN(C(=O)c3cnn(C)c3)C2)[nH]1. The number of carbonyl (C=O) groups excluding carboxylic acids is 1. The second kappa shape index (κ2) is 5.11. The summed E-state index contributed by atoms with van der Waals surface area (Å²) in [5, 5.41) is 4.06. The van der Waals surface area contributed by atoms with E-state index in [-0.39, 0.29) is 5.91 Å². The van der Waals surface area contributed by atoms with Gasteiger partial charge in [-0.2, -0.15) is 5.10 Å². The van der Waals surface area contributed by atoms with Crippen LogP contribution >= 0.6 is 0 Å². The number of nitrogens with zero attached hydrogens (tertiary/aromatic N) is 4. The number of carbonyl (C=O) groups is 1. The first-order chi connectivity index (χ1) is 9.63. The van der Waals surface area contributed by atoms with Gasteiger partial charge in [-0.1, -0.05) is 0 Å². The summed E-state index contributed by atoms with van der Waals surface area (Å²) in [6, 6.07) is 0. The molecule has 0 bridgehead atoms. The fourth-order valence-electron chi connectivity index (χ4n) is 2.74.